The van der Waals surface area contributed by atoms with E-state index in [4.69, 9.17) is 0 Å². The first kappa shape index (κ1) is 9.45. The Balaban J connectivity index is 2.15. The van der Waals surface area contributed by atoms with Crippen LogP contribution in [0.2, 0.25) is 0 Å². The van der Waals surface area contributed by atoms with Gasteiger partial charge in [-0.25, -0.2) is 9.97 Å². The van der Waals surface area contributed by atoms with Crippen molar-refractivity contribution in [2.45, 2.75) is 0 Å². The van der Waals surface area contributed by atoms with Crippen molar-refractivity contribution in [3.8, 4) is 0 Å². The zero-order valence-corrected chi connectivity index (χ0v) is 9.76. The number of nitrogens with one attached hydrogen (secondary N) is 1. The Hall–Kier alpha value is -1.11. The third-order valence-corrected chi connectivity index (χ3v) is 2.27. The lowest BCUT2D eigenvalue weighted by Crippen LogP contribution is -1.95. The minimum Gasteiger partial charge on any atom is -0.355 e. The summed E-state index contributed by atoms with van der Waals surface area (Å²) in [6.07, 6.45) is 7.49. The van der Waals surface area contributed by atoms with Crippen LogP contribution in [0.15, 0.2) is 30.9 Å². The fraction of sp³-hybridized carbons (Fsp3) is 0.111. The molecule has 0 bridgehead atoms. The normalized spacial score (nSPS) is 10.1. The van der Waals surface area contributed by atoms with Crippen molar-refractivity contribution in [3.63, 3.8) is 0 Å². The van der Waals surface area contributed by atoms with Crippen LogP contribution in [0, 0.1) is 3.57 Å². The summed E-state index contributed by atoms with van der Waals surface area (Å²) < 4.78 is 3.00. The van der Waals surface area contributed by atoms with Gasteiger partial charge in [0.15, 0.2) is 0 Å². The van der Waals surface area contributed by atoms with Crippen LogP contribution in [-0.4, -0.2) is 14.5 Å². The van der Waals surface area contributed by atoms with Crippen molar-refractivity contribution in [2.75, 3.05) is 5.32 Å². The van der Waals surface area contributed by atoms with E-state index in [9.17, 15) is 0 Å². The molecule has 0 fully saturated rings. The van der Waals surface area contributed by atoms with Crippen LogP contribution >= 0.6 is 22.6 Å². The third kappa shape index (κ3) is 2.22. The highest BCUT2D eigenvalue weighted by Crippen LogP contribution is 2.12. The summed E-state index contributed by atoms with van der Waals surface area (Å²) in [4.78, 5) is 8.29. The first-order valence-electron chi connectivity index (χ1n) is 4.10. The Bertz CT molecular complexity index is 421. The molecule has 0 amide bonds. The van der Waals surface area contributed by atoms with Gasteiger partial charge < -0.3 is 9.88 Å². The highest BCUT2D eigenvalue weighted by Gasteiger charge is 1.97. The standard InChI is InChI=1S/C9H9IN4/c1-14-3-2-8(6-14)13-9-11-4-7(10)5-12-9/h2-6H,1H3,(H,11,12,13). The minimum absolute atomic E-state index is 0.622. The van der Waals surface area contributed by atoms with E-state index in [1.54, 1.807) is 12.4 Å². The second kappa shape index (κ2) is 3.95. The SMILES string of the molecule is Cn1ccc(Nc2ncc(I)cn2)c1. The van der Waals surface area contributed by atoms with Gasteiger partial charge in [-0.1, -0.05) is 0 Å². The van der Waals surface area contributed by atoms with Gasteiger partial charge in [0.05, 0.1) is 5.69 Å². The number of aryl methyl sites for hydroxylation is 1. The van der Waals surface area contributed by atoms with Crippen LogP contribution in [0.25, 0.3) is 0 Å². The summed E-state index contributed by atoms with van der Waals surface area (Å²) in [6, 6.07) is 1.97. The Kier molecular flexibility index (Phi) is 2.67. The van der Waals surface area contributed by atoms with E-state index in [1.807, 2.05) is 30.1 Å². The quantitative estimate of drug-likeness (QED) is 0.864. The monoisotopic (exact) mass is 300 g/mol. The molecule has 0 unspecified atom stereocenters. The number of hydrogen-bond donors (Lipinski definition) is 1. The van der Waals surface area contributed by atoms with Crippen LogP contribution in [0.4, 0.5) is 11.6 Å². The first-order valence-corrected chi connectivity index (χ1v) is 5.18. The third-order valence-electron chi connectivity index (χ3n) is 1.71. The maximum absolute atomic E-state index is 4.14. The van der Waals surface area contributed by atoms with Crippen molar-refractivity contribution in [2.24, 2.45) is 7.05 Å². The first-order chi connectivity index (χ1) is 6.74. The molecule has 2 aromatic rings. The lowest BCUT2D eigenvalue weighted by Gasteiger charge is -2.00. The molecular weight excluding hydrogens is 291 g/mol. The summed E-state index contributed by atoms with van der Waals surface area (Å²) in [7, 11) is 1.97. The molecule has 0 aliphatic heterocycles. The van der Waals surface area contributed by atoms with Crippen LogP contribution in [0.3, 0.4) is 0 Å². The second-order valence-electron chi connectivity index (χ2n) is 2.92. The van der Waals surface area contributed by atoms with Gasteiger partial charge in [0, 0.05) is 35.4 Å². The van der Waals surface area contributed by atoms with Crippen LogP contribution in [-0.2, 0) is 7.05 Å². The summed E-state index contributed by atoms with van der Waals surface area (Å²) in [5.74, 6) is 0.622. The molecule has 2 heterocycles. The Morgan fingerprint density at radius 3 is 2.64 bits per heavy atom. The molecule has 0 saturated heterocycles. The van der Waals surface area contributed by atoms with Crippen LogP contribution in [0.5, 0.6) is 0 Å². The van der Waals surface area contributed by atoms with Gasteiger partial charge in [-0.2, -0.15) is 0 Å². The summed E-state index contributed by atoms with van der Waals surface area (Å²) in [5, 5.41) is 3.11. The van der Waals surface area contributed by atoms with Gasteiger partial charge in [0.25, 0.3) is 0 Å². The number of nitrogens with zero attached hydrogens (tertiary/aromatic N) is 3. The zero-order chi connectivity index (χ0) is 9.97. The minimum atomic E-state index is 0.622. The molecule has 0 aliphatic carbocycles. The Labute approximate surface area is 95.5 Å². The molecule has 0 aromatic carbocycles. The highest BCUT2D eigenvalue weighted by molar-refractivity contribution is 14.1. The van der Waals surface area contributed by atoms with E-state index in [0.717, 1.165) is 9.26 Å². The summed E-state index contributed by atoms with van der Waals surface area (Å²) in [6.45, 7) is 0. The van der Waals surface area contributed by atoms with Crippen LogP contribution in [0.1, 0.15) is 0 Å². The molecule has 1 N–H and O–H groups in total. The van der Waals surface area contributed by atoms with Gasteiger partial charge >= 0.3 is 0 Å². The molecule has 0 radical (unpaired) electrons. The molecule has 0 saturated carbocycles. The zero-order valence-electron chi connectivity index (χ0n) is 7.61. The molecule has 4 nitrogen and oxygen atoms in total. The van der Waals surface area contributed by atoms with E-state index in [-0.39, 0.29) is 0 Å². The smallest absolute Gasteiger partial charge is 0.227 e. The predicted molar refractivity (Wildman–Crippen MR) is 63.4 cm³/mol. The van der Waals surface area contributed by atoms with Gasteiger partial charge in [-0.3, -0.25) is 0 Å². The maximum Gasteiger partial charge on any atom is 0.227 e. The lowest BCUT2D eigenvalue weighted by molar-refractivity contribution is 0.928. The van der Waals surface area contributed by atoms with E-state index in [0.29, 0.717) is 5.95 Å². The topological polar surface area (TPSA) is 42.7 Å². The highest BCUT2D eigenvalue weighted by atomic mass is 127. The fourth-order valence-corrected chi connectivity index (χ4v) is 1.36. The molecule has 5 heteroatoms. The van der Waals surface area contributed by atoms with Crippen molar-refractivity contribution in [1.82, 2.24) is 14.5 Å². The number of rotatable bonds is 2. The van der Waals surface area contributed by atoms with Gasteiger partial charge in [-0.05, 0) is 28.7 Å². The Morgan fingerprint density at radius 2 is 2.07 bits per heavy atom. The average Bonchev–Trinajstić information content (AvgIpc) is 2.56. The summed E-state index contributed by atoms with van der Waals surface area (Å²) >= 11 is 2.17. The van der Waals surface area contributed by atoms with E-state index in [1.165, 1.54) is 0 Å². The van der Waals surface area contributed by atoms with Crippen molar-refractivity contribution < 1.29 is 0 Å². The fourth-order valence-electron chi connectivity index (χ4n) is 1.08. The predicted octanol–water partition coefficient (Wildman–Crippen LogP) is 2.16. The molecule has 2 aromatic heterocycles. The van der Waals surface area contributed by atoms with Crippen molar-refractivity contribution >= 4 is 34.2 Å². The molecule has 14 heavy (non-hydrogen) atoms. The molecule has 0 spiro atoms. The molecular formula is C9H9IN4. The molecule has 2 rings (SSSR count). The van der Waals surface area contributed by atoms with E-state index >= 15 is 0 Å². The second-order valence-corrected chi connectivity index (χ2v) is 4.16. The van der Waals surface area contributed by atoms with E-state index in [2.05, 4.69) is 37.9 Å². The average molecular weight is 300 g/mol. The molecule has 72 valence electrons. The molecule has 0 aliphatic rings. The molecule has 0 atom stereocenters. The largest absolute Gasteiger partial charge is 0.355 e. The van der Waals surface area contributed by atoms with Crippen molar-refractivity contribution in [1.29, 1.82) is 0 Å². The number of aromatic nitrogens is 3. The van der Waals surface area contributed by atoms with Gasteiger partial charge in [0.1, 0.15) is 0 Å². The lowest BCUT2D eigenvalue weighted by atomic mass is 10.5. The van der Waals surface area contributed by atoms with E-state index < -0.39 is 0 Å². The maximum atomic E-state index is 4.14. The van der Waals surface area contributed by atoms with Crippen LogP contribution < -0.4 is 5.32 Å². The number of halogens is 1. The van der Waals surface area contributed by atoms with Gasteiger partial charge in [-0.15, -0.1) is 0 Å². The number of anilines is 2. The number of hydrogen-bond acceptors (Lipinski definition) is 3. The summed E-state index contributed by atoms with van der Waals surface area (Å²) in [5.41, 5.74) is 0.994. The van der Waals surface area contributed by atoms with Gasteiger partial charge in [0.2, 0.25) is 5.95 Å². The Morgan fingerprint density at radius 1 is 1.36 bits per heavy atom. The van der Waals surface area contributed by atoms with Crippen molar-refractivity contribution in [3.05, 3.63) is 34.4 Å².